The van der Waals surface area contributed by atoms with Crippen molar-refractivity contribution in [3.63, 3.8) is 0 Å². The summed E-state index contributed by atoms with van der Waals surface area (Å²) < 4.78 is 0. The summed E-state index contributed by atoms with van der Waals surface area (Å²) in [6.45, 7) is 5.13. The minimum atomic E-state index is -0.0619. The molecule has 92 valence electrons. The number of carbonyl (C=O) groups excluding carboxylic acids is 2. The molecular formula is C11H21N3O2. The van der Waals surface area contributed by atoms with Crippen molar-refractivity contribution in [1.29, 1.82) is 0 Å². The van der Waals surface area contributed by atoms with Crippen molar-refractivity contribution >= 4 is 11.8 Å². The first-order valence-electron chi connectivity index (χ1n) is 5.80. The van der Waals surface area contributed by atoms with Crippen LogP contribution < -0.4 is 10.6 Å². The van der Waals surface area contributed by atoms with Crippen molar-refractivity contribution in [2.75, 3.05) is 20.1 Å². The first-order valence-corrected chi connectivity index (χ1v) is 5.80. The van der Waals surface area contributed by atoms with E-state index in [-0.39, 0.29) is 23.9 Å². The Balaban J connectivity index is 2.29. The number of likely N-dealkylation sites (N-methyl/N-ethyl adjacent to an activating group) is 1. The standard InChI is InChI=1S/C11H21N3O2/c1-8(2)13-10(15)5-7-14-6-4-9(12-3)11(14)16/h8-9,12H,4-7H2,1-3H3,(H,13,15). The van der Waals surface area contributed by atoms with E-state index in [1.165, 1.54) is 0 Å². The second-order valence-corrected chi connectivity index (χ2v) is 4.43. The number of rotatable bonds is 5. The molecule has 0 aromatic heterocycles. The summed E-state index contributed by atoms with van der Waals surface area (Å²) >= 11 is 0. The second kappa shape index (κ2) is 5.84. The fraction of sp³-hybridized carbons (Fsp3) is 0.818. The van der Waals surface area contributed by atoms with E-state index in [0.717, 1.165) is 13.0 Å². The van der Waals surface area contributed by atoms with Gasteiger partial charge >= 0.3 is 0 Å². The summed E-state index contributed by atoms with van der Waals surface area (Å²) in [5.74, 6) is 0.121. The van der Waals surface area contributed by atoms with Crippen LogP contribution >= 0.6 is 0 Å². The third-order valence-corrected chi connectivity index (χ3v) is 2.70. The number of nitrogens with one attached hydrogen (secondary N) is 2. The third-order valence-electron chi connectivity index (χ3n) is 2.70. The van der Waals surface area contributed by atoms with Crippen LogP contribution in [0.2, 0.25) is 0 Å². The van der Waals surface area contributed by atoms with Crippen molar-refractivity contribution in [1.82, 2.24) is 15.5 Å². The van der Waals surface area contributed by atoms with Gasteiger partial charge < -0.3 is 15.5 Å². The molecule has 1 fully saturated rings. The van der Waals surface area contributed by atoms with Crippen LogP contribution in [0, 0.1) is 0 Å². The minimum absolute atomic E-state index is 0.00991. The molecule has 16 heavy (non-hydrogen) atoms. The van der Waals surface area contributed by atoms with E-state index < -0.39 is 0 Å². The van der Waals surface area contributed by atoms with Crippen molar-refractivity contribution in [3.05, 3.63) is 0 Å². The van der Waals surface area contributed by atoms with Gasteiger partial charge in [-0.05, 0) is 27.3 Å². The lowest BCUT2D eigenvalue weighted by atomic mass is 10.2. The van der Waals surface area contributed by atoms with Crippen LogP contribution in [0.1, 0.15) is 26.7 Å². The monoisotopic (exact) mass is 227 g/mol. The predicted molar refractivity (Wildman–Crippen MR) is 61.9 cm³/mol. The Labute approximate surface area is 96.6 Å². The molecule has 5 heteroatoms. The average molecular weight is 227 g/mol. The van der Waals surface area contributed by atoms with Gasteiger partial charge in [0.2, 0.25) is 11.8 Å². The molecule has 0 spiro atoms. The van der Waals surface area contributed by atoms with Gasteiger partial charge in [0.05, 0.1) is 6.04 Å². The van der Waals surface area contributed by atoms with Crippen LogP contribution in [-0.4, -0.2) is 48.9 Å². The van der Waals surface area contributed by atoms with E-state index in [2.05, 4.69) is 10.6 Å². The van der Waals surface area contributed by atoms with Crippen molar-refractivity contribution < 1.29 is 9.59 Å². The molecule has 5 nitrogen and oxygen atoms in total. The van der Waals surface area contributed by atoms with Crippen LogP contribution in [0.4, 0.5) is 0 Å². The van der Waals surface area contributed by atoms with Gasteiger partial charge in [0.1, 0.15) is 0 Å². The Kier molecular flexibility index (Phi) is 4.73. The largest absolute Gasteiger partial charge is 0.354 e. The molecule has 0 radical (unpaired) electrons. The van der Waals surface area contributed by atoms with E-state index in [4.69, 9.17) is 0 Å². The van der Waals surface area contributed by atoms with Crippen molar-refractivity contribution in [2.24, 2.45) is 0 Å². The van der Waals surface area contributed by atoms with Gasteiger partial charge in [0.25, 0.3) is 0 Å². The van der Waals surface area contributed by atoms with Gasteiger partial charge in [0.15, 0.2) is 0 Å². The predicted octanol–water partition coefficient (Wildman–Crippen LogP) is -0.279. The number of hydrogen-bond donors (Lipinski definition) is 2. The molecule has 1 aliphatic heterocycles. The summed E-state index contributed by atoms with van der Waals surface area (Å²) in [7, 11) is 1.79. The van der Waals surface area contributed by atoms with Crippen molar-refractivity contribution in [3.8, 4) is 0 Å². The lowest BCUT2D eigenvalue weighted by Crippen LogP contribution is -2.38. The zero-order chi connectivity index (χ0) is 12.1. The summed E-state index contributed by atoms with van der Waals surface area (Å²) in [5, 5.41) is 5.79. The molecule has 1 heterocycles. The number of nitrogens with zero attached hydrogens (tertiary/aromatic N) is 1. The zero-order valence-corrected chi connectivity index (χ0v) is 10.2. The van der Waals surface area contributed by atoms with E-state index in [1.54, 1.807) is 11.9 Å². The average Bonchev–Trinajstić information content (AvgIpc) is 2.55. The van der Waals surface area contributed by atoms with Crippen molar-refractivity contribution in [2.45, 2.75) is 38.8 Å². The second-order valence-electron chi connectivity index (χ2n) is 4.43. The Morgan fingerprint density at radius 1 is 1.56 bits per heavy atom. The molecule has 0 aromatic rings. The highest BCUT2D eigenvalue weighted by atomic mass is 16.2. The zero-order valence-electron chi connectivity index (χ0n) is 10.2. The summed E-state index contributed by atoms with van der Waals surface area (Å²) in [4.78, 5) is 24.9. The molecular weight excluding hydrogens is 206 g/mol. The third kappa shape index (κ3) is 3.48. The summed E-state index contributed by atoms with van der Waals surface area (Å²) in [5.41, 5.74) is 0. The highest BCUT2D eigenvalue weighted by molar-refractivity contribution is 5.84. The molecule has 1 unspecified atom stereocenters. The molecule has 1 rings (SSSR count). The van der Waals surface area contributed by atoms with E-state index >= 15 is 0 Å². The minimum Gasteiger partial charge on any atom is -0.354 e. The van der Waals surface area contributed by atoms with Gasteiger partial charge in [-0.15, -0.1) is 0 Å². The first kappa shape index (κ1) is 13.0. The quantitative estimate of drug-likeness (QED) is 0.679. The molecule has 1 aliphatic rings. The lowest BCUT2D eigenvalue weighted by Gasteiger charge is -2.16. The van der Waals surface area contributed by atoms with Crippen LogP contribution in [0.25, 0.3) is 0 Å². The van der Waals surface area contributed by atoms with Crippen LogP contribution in [0.3, 0.4) is 0 Å². The van der Waals surface area contributed by atoms with Gasteiger partial charge in [-0.25, -0.2) is 0 Å². The molecule has 0 bridgehead atoms. The normalized spacial score (nSPS) is 20.6. The SMILES string of the molecule is CNC1CCN(CCC(=O)NC(C)C)C1=O. The number of hydrogen-bond acceptors (Lipinski definition) is 3. The Bertz CT molecular complexity index is 266. The Morgan fingerprint density at radius 2 is 2.25 bits per heavy atom. The first-order chi connectivity index (χ1) is 7.54. The van der Waals surface area contributed by atoms with Crippen LogP contribution in [-0.2, 0) is 9.59 Å². The van der Waals surface area contributed by atoms with Gasteiger partial charge in [0, 0.05) is 25.6 Å². The summed E-state index contributed by atoms with van der Waals surface area (Å²) in [6, 6.07) is 0.0972. The highest BCUT2D eigenvalue weighted by Gasteiger charge is 2.29. The van der Waals surface area contributed by atoms with Crippen LogP contribution in [0.5, 0.6) is 0 Å². The molecule has 0 aromatic carbocycles. The highest BCUT2D eigenvalue weighted by Crippen LogP contribution is 2.10. The maximum Gasteiger partial charge on any atom is 0.239 e. The van der Waals surface area contributed by atoms with E-state index in [9.17, 15) is 9.59 Å². The topological polar surface area (TPSA) is 61.4 Å². The Hall–Kier alpha value is -1.10. The number of amides is 2. The van der Waals surface area contributed by atoms with E-state index in [0.29, 0.717) is 13.0 Å². The smallest absolute Gasteiger partial charge is 0.239 e. The Morgan fingerprint density at radius 3 is 2.75 bits per heavy atom. The van der Waals surface area contributed by atoms with Gasteiger partial charge in [-0.3, -0.25) is 9.59 Å². The van der Waals surface area contributed by atoms with Crippen LogP contribution in [0.15, 0.2) is 0 Å². The molecule has 2 amide bonds. The molecule has 2 N–H and O–H groups in total. The van der Waals surface area contributed by atoms with Gasteiger partial charge in [-0.2, -0.15) is 0 Å². The maximum atomic E-state index is 11.7. The molecule has 1 saturated heterocycles. The number of carbonyl (C=O) groups is 2. The molecule has 0 saturated carbocycles. The maximum absolute atomic E-state index is 11.7. The summed E-state index contributed by atoms with van der Waals surface area (Å²) in [6.07, 6.45) is 1.22. The van der Waals surface area contributed by atoms with E-state index in [1.807, 2.05) is 13.8 Å². The fourth-order valence-electron chi connectivity index (χ4n) is 1.86. The van der Waals surface area contributed by atoms with Gasteiger partial charge in [-0.1, -0.05) is 0 Å². The molecule has 1 atom stereocenters. The number of likely N-dealkylation sites (tertiary alicyclic amines) is 1. The molecule has 0 aliphatic carbocycles. The lowest BCUT2D eigenvalue weighted by molar-refractivity contribution is -0.130. The fourth-order valence-corrected chi connectivity index (χ4v) is 1.86.